The Morgan fingerprint density at radius 3 is 2.11 bits per heavy atom. The van der Waals surface area contributed by atoms with E-state index in [0.717, 1.165) is 12.5 Å². The Morgan fingerprint density at radius 1 is 1.11 bits per heavy atom. The van der Waals surface area contributed by atoms with Crippen molar-refractivity contribution in [2.75, 3.05) is 12.5 Å². The van der Waals surface area contributed by atoms with Gasteiger partial charge >= 0.3 is 5.97 Å². The van der Waals surface area contributed by atoms with Gasteiger partial charge in [0.2, 0.25) is 0 Å². The minimum atomic E-state index is -3.77. The Labute approximate surface area is 111 Å². The summed E-state index contributed by atoms with van der Waals surface area (Å²) in [5.74, 6) is -1.08. The van der Waals surface area contributed by atoms with E-state index in [-0.39, 0.29) is 28.2 Å². The average Bonchev–Trinajstić information content (AvgIpc) is 2.23. The highest BCUT2D eigenvalue weighted by molar-refractivity contribution is 7.93. The Hall–Kier alpha value is -1.41. The van der Waals surface area contributed by atoms with Gasteiger partial charge < -0.3 is 5.11 Å². The summed E-state index contributed by atoms with van der Waals surface area (Å²) in [4.78, 5) is 9.95. The molecular formula is C11H14O6S2. The molecule has 0 aromatic heterocycles. The van der Waals surface area contributed by atoms with Crippen molar-refractivity contribution >= 4 is 25.6 Å². The topological polar surface area (TPSA) is 106 Å². The molecule has 0 saturated carbocycles. The van der Waals surface area contributed by atoms with Crippen molar-refractivity contribution < 1.29 is 26.7 Å². The molecule has 0 saturated heterocycles. The van der Waals surface area contributed by atoms with E-state index in [9.17, 15) is 21.6 Å². The number of carbonyl (C=O) groups is 1. The van der Waals surface area contributed by atoms with Crippen LogP contribution in [0.2, 0.25) is 0 Å². The quantitative estimate of drug-likeness (QED) is 0.849. The van der Waals surface area contributed by atoms with E-state index in [1.165, 1.54) is 18.2 Å². The summed E-state index contributed by atoms with van der Waals surface area (Å²) in [5.41, 5.74) is 0.202. The van der Waals surface area contributed by atoms with Gasteiger partial charge in [0.05, 0.1) is 9.79 Å². The van der Waals surface area contributed by atoms with E-state index in [2.05, 4.69) is 0 Å². The maximum Gasteiger partial charge on any atom is 0.303 e. The zero-order valence-electron chi connectivity index (χ0n) is 10.5. The Bertz CT molecular complexity index is 701. The van der Waals surface area contributed by atoms with Gasteiger partial charge in [0, 0.05) is 18.9 Å². The number of benzene rings is 1. The summed E-state index contributed by atoms with van der Waals surface area (Å²) in [7, 11) is -7.47. The van der Waals surface area contributed by atoms with Gasteiger partial charge in [0.15, 0.2) is 19.7 Å². The van der Waals surface area contributed by atoms with Crippen molar-refractivity contribution in [2.24, 2.45) is 0 Å². The molecule has 1 N–H and O–H groups in total. The van der Waals surface area contributed by atoms with Gasteiger partial charge in [0.25, 0.3) is 0 Å². The van der Waals surface area contributed by atoms with E-state index in [0.29, 0.717) is 0 Å². The molecule has 0 fully saturated rings. The van der Waals surface area contributed by atoms with E-state index in [1.54, 1.807) is 0 Å². The van der Waals surface area contributed by atoms with Crippen LogP contribution in [0.5, 0.6) is 0 Å². The van der Waals surface area contributed by atoms with Gasteiger partial charge in [-0.2, -0.15) is 0 Å². The first-order valence-corrected chi connectivity index (χ1v) is 9.05. The first-order valence-electron chi connectivity index (χ1n) is 5.27. The van der Waals surface area contributed by atoms with Crippen molar-refractivity contribution in [2.45, 2.75) is 22.6 Å². The smallest absolute Gasteiger partial charge is 0.303 e. The van der Waals surface area contributed by atoms with Crippen LogP contribution in [-0.2, 0) is 30.9 Å². The van der Waals surface area contributed by atoms with Crippen LogP contribution in [0.3, 0.4) is 0 Å². The minimum absolute atomic E-state index is 0.0406. The third kappa shape index (κ3) is 4.03. The molecule has 8 heteroatoms. The largest absolute Gasteiger partial charge is 0.481 e. The molecule has 0 aliphatic rings. The monoisotopic (exact) mass is 306 g/mol. The fraction of sp³-hybridized carbons (Fsp3) is 0.364. The van der Waals surface area contributed by atoms with Crippen molar-refractivity contribution in [1.29, 1.82) is 0 Å². The molecule has 1 aromatic rings. The molecule has 0 heterocycles. The summed E-state index contributed by atoms with van der Waals surface area (Å²) in [5, 5.41) is 8.63. The number of aryl methyl sites for hydroxylation is 1. The molecule has 1 rings (SSSR count). The minimum Gasteiger partial charge on any atom is -0.481 e. The van der Waals surface area contributed by atoms with Crippen LogP contribution in [0.1, 0.15) is 12.0 Å². The number of rotatable bonds is 5. The highest BCUT2D eigenvalue weighted by Crippen LogP contribution is 2.26. The second-order valence-electron chi connectivity index (χ2n) is 4.18. The lowest BCUT2D eigenvalue weighted by atomic mass is 10.1. The van der Waals surface area contributed by atoms with Crippen LogP contribution >= 0.6 is 0 Å². The summed E-state index contributed by atoms with van der Waals surface area (Å²) >= 11 is 0. The number of hydrogen-bond acceptors (Lipinski definition) is 5. The predicted molar refractivity (Wildman–Crippen MR) is 68.6 cm³/mol. The van der Waals surface area contributed by atoms with Gasteiger partial charge in [-0.3, -0.25) is 4.79 Å². The van der Waals surface area contributed by atoms with E-state index in [1.807, 2.05) is 0 Å². The van der Waals surface area contributed by atoms with Crippen molar-refractivity contribution in [3.05, 3.63) is 23.8 Å². The van der Waals surface area contributed by atoms with E-state index >= 15 is 0 Å². The van der Waals surface area contributed by atoms with Crippen molar-refractivity contribution in [1.82, 2.24) is 0 Å². The first kappa shape index (κ1) is 15.6. The average molecular weight is 306 g/mol. The number of hydrogen-bond donors (Lipinski definition) is 1. The van der Waals surface area contributed by atoms with Gasteiger partial charge in [-0.05, 0) is 18.1 Å². The molecule has 0 radical (unpaired) electrons. The molecule has 0 amide bonds. The molecule has 1 aromatic carbocycles. The van der Waals surface area contributed by atoms with Crippen molar-refractivity contribution in [3.8, 4) is 0 Å². The summed E-state index contributed by atoms with van der Waals surface area (Å²) < 4.78 is 46.7. The second kappa shape index (κ2) is 5.30. The summed E-state index contributed by atoms with van der Waals surface area (Å²) in [6.07, 6.45) is 1.51. The van der Waals surface area contributed by atoms with E-state index in [4.69, 9.17) is 5.11 Å². The fourth-order valence-electron chi connectivity index (χ4n) is 1.71. The molecule has 0 spiro atoms. The van der Waals surface area contributed by atoms with Gasteiger partial charge in [-0.15, -0.1) is 0 Å². The Kier molecular flexibility index (Phi) is 4.36. The highest BCUT2D eigenvalue weighted by Gasteiger charge is 2.23. The van der Waals surface area contributed by atoms with Gasteiger partial charge in [-0.25, -0.2) is 16.8 Å². The molecule has 0 aliphatic heterocycles. The molecule has 0 atom stereocenters. The lowest BCUT2D eigenvalue weighted by Crippen LogP contribution is -2.11. The zero-order valence-corrected chi connectivity index (χ0v) is 12.1. The van der Waals surface area contributed by atoms with Crippen LogP contribution in [0.4, 0.5) is 0 Å². The Morgan fingerprint density at radius 2 is 1.68 bits per heavy atom. The van der Waals surface area contributed by atoms with Crippen LogP contribution < -0.4 is 0 Å². The van der Waals surface area contributed by atoms with Crippen LogP contribution in [-0.4, -0.2) is 40.4 Å². The molecule has 0 aliphatic carbocycles. The molecular weight excluding hydrogens is 292 g/mol. The number of carboxylic acid groups (broad SMARTS) is 1. The standard InChI is InChI=1S/C11H14O6S2/c1-18(14,15)9-5-3-4-8(6-7-10(12)13)11(9)19(2,16)17/h3-5H,6-7H2,1-2H3,(H,12,13). The highest BCUT2D eigenvalue weighted by atomic mass is 32.2. The molecule has 106 valence electrons. The maximum atomic E-state index is 11.8. The lowest BCUT2D eigenvalue weighted by Gasteiger charge is -2.11. The first-order chi connectivity index (χ1) is 8.53. The predicted octanol–water partition coefficient (Wildman–Crippen LogP) is 0.511. The van der Waals surface area contributed by atoms with Gasteiger partial charge in [0.1, 0.15) is 0 Å². The molecule has 0 unspecified atom stereocenters. The Balaban J connectivity index is 3.54. The van der Waals surface area contributed by atoms with Crippen LogP contribution in [0.25, 0.3) is 0 Å². The maximum absolute atomic E-state index is 11.8. The lowest BCUT2D eigenvalue weighted by molar-refractivity contribution is -0.136. The van der Waals surface area contributed by atoms with Crippen molar-refractivity contribution in [3.63, 3.8) is 0 Å². The fourth-order valence-corrected chi connectivity index (χ4v) is 4.49. The molecule has 0 bridgehead atoms. The van der Waals surface area contributed by atoms with Gasteiger partial charge in [-0.1, -0.05) is 12.1 Å². The molecule has 19 heavy (non-hydrogen) atoms. The normalized spacial score (nSPS) is 12.3. The zero-order chi connectivity index (χ0) is 14.8. The number of carboxylic acids is 1. The summed E-state index contributed by atoms with van der Waals surface area (Å²) in [6.45, 7) is 0. The molecule has 6 nitrogen and oxygen atoms in total. The summed E-state index contributed by atoms with van der Waals surface area (Å²) in [6, 6.07) is 4.03. The third-order valence-electron chi connectivity index (χ3n) is 2.44. The van der Waals surface area contributed by atoms with E-state index < -0.39 is 25.6 Å². The number of sulfone groups is 2. The van der Waals surface area contributed by atoms with Crippen LogP contribution in [0.15, 0.2) is 28.0 Å². The third-order valence-corrected chi connectivity index (χ3v) is 4.93. The second-order valence-corrected chi connectivity index (χ2v) is 8.12. The SMILES string of the molecule is CS(=O)(=O)c1cccc(CCC(=O)O)c1S(C)(=O)=O. The number of aliphatic carboxylic acids is 1. The van der Waals surface area contributed by atoms with Crippen LogP contribution in [0, 0.1) is 0 Å².